The highest BCUT2D eigenvalue weighted by Gasteiger charge is 2.03. The van der Waals surface area contributed by atoms with Crippen LogP contribution in [0.25, 0.3) is 0 Å². The topological polar surface area (TPSA) is 62.2 Å². The quantitative estimate of drug-likeness (QED) is 0.710. The molecule has 13 heavy (non-hydrogen) atoms. The lowest BCUT2D eigenvalue weighted by atomic mass is 10.2. The summed E-state index contributed by atoms with van der Waals surface area (Å²) < 4.78 is 0. The third kappa shape index (κ3) is 2.83. The van der Waals surface area contributed by atoms with Crippen LogP contribution in [0, 0.1) is 0 Å². The van der Waals surface area contributed by atoms with Gasteiger partial charge in [0.1, 0.15) is 0 Å². The summed E-state index contributed by atoms with van der Waals surface area (Å²) in [6.07, 6.45) is 2.27. The lowest BCUT2D eigenvalue weighted by Gasteiger charge is -2.00. The van der Waals surface area contributed by atoms with E-state index < -0.39 is 5.97 Å². The number of carboxylic acids is 1. The number of nitrogens with zero attached hydrogens (tertiary/aromatic N) is 1. The molecule has 0 amide bonds. The van der Waals surface area contributed by atoms with Gasteiger partial charge in [-0.2, -0.15) is 0 Å². The molecule has 0 aliphatic carbocycles. The number of hydrogen-bond acceptors (Lipinski definition) is 3. The molecule has 0 radical (unpaired) electrons. The number of hydrogen-bond donors (Lipinski definition) is 2. The average molecular weight is 180 g/mol. The predicted molar refractivity (Wildman–Crippen MR) is 48.8 cm³/mol. The van der Waals surface area contributed by atoms with Crippen LogP contribution < -0.4 is 5.32 Å². The zero-order valence-electron chi connectivity index (χ0n) is 7.45. The van der Waals surface area contributed by atoms with Gasteiger partial charge in [-0.15, -0.1) is 0 Å². The second-order valence-corrected chi connectivity index (χ2v) is 2.69. The maximum absolute atomic E-state index is 10.6. The first-order valence-corrected chi connectivity index (χ1v) is 4.07. The highest BCUT2D eigenvalue weighted by molar-refractivity contribution is 5.87. The Hall–Kier alpha value is -1.42. The standard InChI is InChI=1S/C9H12N2O2/c1-10-4-3-8-6-7(9(12)13)2-5-11-8/h2,5-6,10H,3-4H2,1H3,(H,12,13). The van der Waals surface area contributed by atoms with Crippen molar-refractivity contribution in [1.82, 2.24) is 10.3 Å². The smallest absolute Gasteiger partial charge is 0.335 e. The summed E-state index contributed by atoms with van der Waals surface area (Å²) >= 11 is 0. The van der Waals surface area contributed by atoms with Gasteiger partial charge in [-0.05, 0) is 19.2 Å². The molecular weight excluding hydrogens is 168 g/mol. The van der Waals surface area contributed by atoms with E-state index in [1.54, 1.807) is 6.07 Å². The number of aromatic nitrogens is 1. The first-order chi connectivity index (χ1) is 6.24. The Morgan fingerprint density at radius 2 is 2.46 bits per heavy atom. The van der Waals surface area contributed by atoms with Crippen molar-refractivity contribution in [2.24, 2.45) is 0 Å². The number of likely N-dealkylation sites (N-methyl/N-ethyl adjacent to an activating group) is 1. The minimum Gasteiger partial charge on any atom is -0.478 e. The Labute approximate surface area is 76.6 Å². The van der Waals surface area contributed by atoms with Gasteiger partial charge in [-0.1, -0.05) is 0 Å². The molecule has 0 spiro atoms. The van der Waals surface area contributed by atoms with E-state index in [9.17, 15) is 4.79 Å². The van der Waals surface area contributed by atoms with Crippen molar-refractivity contribution in [2.75, 3.05) is 13.6 Å². The number of carboxylic acid groups (broad SMARTS) is 1. The Kier molecular flexibility index (Phi) is 3.40. The Morgan fingerprint density at radius 1 is 1.69 bits per heavy atom. The van der Waals surface area contributed by atoms with E-state index in [-0.39, 0.29) is 0 Å². The fourth-order valence-electron chi connectivity index (χ4n) is 1.00. The SMILES string of the molecule is CNCCc1cc(C(=O)O)ccn1. The molecule has 1 aromatic heterocycles. The summed E-state index contributed by atoms with van der Waals surface area (Å²) in [5, 5.41) is 11.7. The summed E-state index contributed by atoms with van der Waals surface area (Å²) in [6, 6.07) is 3.09. The van der Waals surface area contributed by atoms with E-state index >= 15 is 0 Å². The number of carbonyl (C=O) groups is 1. The second kappa shape index (κ2) is 4.57. The first-order valence-electron chi connectivity index (χ1n) is 4.07. The van der Waals surface area contributed by atoms with Crippen molar-refractivity contribution in [1.29, 1.82) is 0 Å². The van der Waals surface area contributed by atoms with E-state index in [4.69, 9.17) is 5.11 Å². The molecule has 0 fully saturated rings. The van der Waals surface area contributed by atoms with Crippen LogP contribution in [0.3, 0.4) is 0 Å². The van der Waals surface area contributed by atoms with Gasteiger partial charge < -0.3 is 10.4 Å². The van der Waals surface area contributed by atoms with Crippen molar-refractivity contribution in [2.45, 2.75) is 6.42 Å². The highest BCUT2D eigenvalue weighted by Crippen LogP contribution is 2.01. The van der Waals surface area contributed by atoms with Crippen LogP contribution in [0.15, 0.2) is 18.3 Å². The van der Waals surface area contributed by atoms with E-state index in [0.29, 0.717) is 5.56 Å². The van der Waals surface area contributed by atoms with Crippen LogP contribution in [0.1, 0.15) is 16.1 Å². The molecule has 0 unspecified atom stereocenters. The maximum atomic E-state index is 10.6. The van der Waals surface area contributed by atoms with Gasteiger partial charge in [0.05, 0.1) is 5.56 Å². The van der Waals surface area contributed by atoms with Crippen molar-refractivity contribution in [3.63, 3.8) is 0 Å². The maximum Gasteiger partial charge on any atom is 0.335 e. The molecule has 2 N–H and O–H groups in total. The van der Waals surface area contributed by atoms with E-state index in [0.717, 1.165) is 18.7 Å². The molecule has 0 aromatic carbocycles. The molecule has 4 nitrogen and oxygen atoms in total. The lowest BCUT2D eigenvalue weighted by molar-refractivity contribution is 0.0696. The molecule has 0 bridgehead atoms. The number of pyridine rings is 1. The average Bonchev–Trinajstić information content (AvgIpc) is 2.15. The Balaban J connectivity index is 2.73. The molecule has 70 valence electrons. The molecule has 0 aliphatic rings. The summed E-state index contributed by atoms with van der Waals surface area (Å²) in [6.45, 7) is 0.802. The third-order valence-corrected chi connectivity index (χ3v) is 1.69. The minimum absolute atomic E-state index is 0.293. The number of nitrogens with one attached hydrogen (secondary N) is 1. The molecule has 1 rings (SSSR count). The molecular formula is C9H12N2O2. The van der Waals surface area contributed by atoms with Crippen molar-refractivity contribution >= 4 is 5.97 Å². The van der Waals surface area contributed by atoms with Gasteiger partial charge in [0.2, 0.25) is 0 Å². The summed E-state index contributed by atoms with van der Waals surface area (Å²) in [7, 11) is 1.85. The van der Waals surface area contributed by atoms with Gasteiger partial charge >= 0.3 is 5.97 Å². The van der Waals surface area contributed by atoms with Gasteiger partial charge in [0, 0.05) is 24.9 Å². The van der Waals surface area contributed by atoms with E-state index in [2.05, 4.69) is 10.3 Å². The van der Waals surface area contributed by atoms with Gasteiger partial charge in [0.25, 0.3) is 0 Å². The normalized spacial score (nSPS) is 9.92. The third-order valence-electron chi connectivity index (χ3n) is 1.69. The molecule has 0 saturated carbocycles. The second-order valence-electron chi connectivity index (χ2n) is 2.69. The monoisotopic (exact) mass is 180 g/mol. The molecule has 1 heterocycles. The summed E-state index contributed by atoms with van der Waals surface area (Å²) in [5.74, 6) is -0.909. The Bertz CT molecular complexity index is 299. The fraction of sp³-hybridized carbons (Fsp3) is 0.333. The summed E-state index contributed by atoms with van der Waals surface area (Å²) in [5.41, 5.74) is 1.09. The molecule has 4 heteroatoms. The molecule has 0 saturated heterocycles. The minimum atomic E-state index is -0.909. The van der Waals surface area contributed by atoms with Crippen molar-refractivity contribution in [3.8, 4) is 0 Å². The van der Waals surface area contributed by atoms with Crippen LogP contribution in [0.5, 0.6) is 0 Å². The predicted octanol–water partition coefficient (Wildman–Crippen LogP) is 0.542. The van der Waals surface area contributed by atoms with Gasteiger partial charge in [-0.3, -0.25) is 4.98 Å². The van der Waals surface area contributed by atoms with E-state index in [1.165, 1.54) is 12.3 Å². The van der Waals surface area contributed by atoms with Crippen LogP contribution in [-0.4, -0.2) is 29.7 Å². The van der Waals surface area contributed by atoms with Crippen molar-refractivity contribution < 1.29 is 9.90 Å². The van der Waals surface area contributed by atoms with E-state index in [1.807, 2.05) is 7.05 Å². The fourth-order valence-corrected chi connectivity index (χ4v) is 1.00. The van der Waals surface area contributed by atoms with Crippen LogP contribution >= 0.6 is 0 Å². The van der Waals surface area contributed by atoms with Gasteiger partial charge in [-0.25, -0.2) is 4.79 Å². The van der Waals surface area contributed by atoms with Crippen LogP contribution in [0.4, 0.5) is 0 Å². The number of rotatable bonds is 4. The Morgan fingerprint density at radius 3 is 3.08 bits per heavy atom. The van der Waals surface area contributed by atoms with Gasteiger partial charge in [0.15, 0.2) is 0 Å². The highest BCUT2D eigenvalue weighted by atomic mass is 16.4. The van der Waals surface area contributed by atoms with Crippen molar-refractivity contribution in [3.05, 3.63) is 29.6 Å². The molecule has 0 aliphatic heterocycles. The molecule has 1 aromatic rings. The largest absolute Gasteiger partial charge is 0.478 e. The first kappa shape index (κ1) is 9.67. The molecule has 0 atom stereocenters. The number of aromatic carboxylic acids is 1. The summed E-state index contributed by atoms with van der Waals surface area (Å²) in [4.78, 5) is 14.6. The zero-order valence-corrected chi connectivity index (χ0v) is 7.45. The van der Waals surface area contributed by atoms with Crippen LogP contribution in [-0.2, 0) is 6.42 Å². The lowest BCUT2D eigenvalue weighted by Crippen LogP contribution is -2.11. The zero-order chi connectivity index (χ0) is 9.68. The van der Waals surface area contributed by atoms with Crippen LogP contribution in [0.2, 0.25) is 0 Å².